The zero-order valence-corrected chi connectivity index (χ0v) is 10.9. The van der Waals surface area contributed by atoms with Crippen molar-refractivity contribution >= 4 is 10.9 Å². The molecule has 0 saturated carbocycles. The average molecular weight is 233 g/mol. The molecule has 2 aromatic rings. The van der Waals surface area contributed by atoms with Crippen molar-refractivity contribution < 1.29 is 9.47 Å². The Morgan fingerprint density at radius 1 is 1.18 bits per heavy atom. The molecule has 0 fully saturated rings. The zero-order valence-electron chi connectivity index (χ0n) is 10.9. The minimum Gasteiger partial charge on any atom is -0.497 e. The molecule has 2 rings (SSSR count). The molecule has 0 radical (unpaired) electrons. The van der Waals surface area contributed by atoms with Crippen LogP contribution in [0.2, 0.25) is 0 Å². The predicted octanol–water partition coefficient (Wildman–Crippen LogP) is 3.31. The van der Waals surface area contributed by atoms with Crippen LogP contribution >= 0.6 is 0 Å². The van der Waals surface area contributed by atoms with Crippen molar-refractivity contribution in [3.63, 3.8) is 0 Å². The lowest BCUT2D eigenvalue weighted by Gasteiger charge is -2.11. The number of hydrogen-bond acceptors (Lipinski definition) is 2. The van der Waals surface area contributed by atoms with Gasteiger partial charge in [0, 0.05) is 30.3 Å². The van der Waals surface area contributed by atoms with E-state index in [1.165, 1.54) is 0 Å². The summed E-state index contributed by atoms with van der Waals surface area (Å²) in [5.74, 6) is 2.31. The summed E-state index contributed by atoms with van der Waals surface area (Å²) in [4.78, 5) is 0. The van der Waals surface area contributed by atoms with E-state index in [2.05, 4.69) is 36.7 Å². The number of rotatable bonds is 4. The van der Waals surface area contributed by atoms with E-state index in [9.17, 15) is 0 Å². The highest BCUT2D eigenvalue weighted by atomic mass is 16.5. The van der Waals surface area contributed by atoms with Gasteiger partial charge in [-0.05, 0) is 12.0 Å². The van der Waals surface area contributed by atoms with Crippen molar-refractivity contribution in [1.82, 2.24) is 4.57 Å². The minimum absolute atomic E-state index is 0.614. The summed E-state index contributed by atoms with van der Waals surface area (Å²) in [5.41, 5.74) is 1.16. The molecule has 0 spiro atoms. The summed E-state index contributed by atoms with van der Waals surface area (Å²) in [6, 6.07) is 6.07. The molecule has 3 heteroatoms. The van der Waals surface area contributed by atoms with Crippen LogP contribution in [0.3, 0.4) is 0 Å². The van der Waals surface area contributed by atoms with Crippen LogP contribution in [0.4, 0.5) is 0 Å². The number of benzene rings is 1. The van der Waals surface area contributed by atoms with E-state index >= 15 is 0 Å². The van der Waals surface area contributed by atoms with E-state index in [0.717, 1.165) is 28.9 Å². The summed E-state index contributed by atoms with van der Waals surface area (Å²) < 4.78 is 12.9. The van der Waals surface area contributed by atoms with Crippen molar-refractivity contribution in [2.75, 3.05) is 14.2 Å². The summed E-state index contributed by atoms with van der Waals surface area (Å²) in [7, 11) is 3.37. The van der Waals surface area contributed by atoms with E-state index in [1.807, 2.05) is 6.07 Å². The minimum atomic E-state index is 0.614. The Balaban J connectivity index is 2.57. The zero-order chi connectivity index (χ0) is 12.4. The smallest absolute Gasteiger partial charge is 0.131 e. The molecule has 0 atom stereocenters. The maximum Gasteiger partial charge on any atom is 0.131 e. The second-order valence-electron chi connectivity index (χ2n) is 4.62. The van der Waals surface area contributed by atoms with Crippen LogP contribution in [0, 0.1) is 5.92 Å². The SMILES string of the molecule is COc1cc(OC)c2ccn(CC(C)C)c2c1. The van der Waals surface area contributed by atoms with Crippen molar-refractivity contribution in [1.29, 1.82) is 0 Å². The van der Waals surface area contributed by atoms with Gasteiger partial charge in [0.15, 0.2) is 0 Å². The summed E-state index contributed by atoms with van der Waals surface area (Å²) in [6.07, 6.45) is 2.10. The standard InChI is InChI=1S/C14H19NO2/c1-10(2)9-15-6-5-12-13(15)7-11(16-3)8-14(12)17-4/h5-8,10H,9H2,1-4H3. The maximum absolute atomic E-state index is 5.39. The van der Waals surface area contributed by atoms with Crippen LogP contribution in [-0.4, -0.2) is 18.8 Å². The van der Waals surface area contributed by atoms with E-state index in [1.54, 1.807) is 14.2 Å². The van der Waals surface area contributed by atoms with Gasteiger partial charge < -0.3 is 14.0 Å². The molecule has 0 saturated heterocycles. The van der Waals surface area contributed by atoms with Gasteiger partial charge >= 0.3 is 0 Å². The van der Waals surface area contributed by atoms with Gasteiger partial charge in [-0.1, -0.05) is 13.8 Å². The molecular formula is C14H19NO2. The third-order valence-electron chi connectivity index (χ3n) is 2.84. The lowest BCUT2D eigenvalue weighted by atomic mass is 10.2. The fourth-order valence-electron chi connectivity index (χ4n) is 2.08. The Morgan fingerprint density at radius 2 is 1.94 bits per heavy atom. The van der Waals surface area contributed by atoms with Crippen LogP contribution in [-0.2, 0) is 6.54 Å². The summed E-state index contributed by atoms with van der Waals surface area (Å²) in [5, 5.41) is 1.13. The predicted molar refractivity (Wildman–Crippen MR) is 69.9 cm³/mol. The number of methoxy groups -OCH3 is 2. The van der Waals surface area contributed by atoms with Gasteiger partial charge in [-0.25, -0.2) is 0 Å². The van der Waals surface area contributed by atoms with E-state index in [-0.39, 0.29) is 0 Å². The molecule has 92 valence electrons. The molecule has 17 heavy (non-hydrogen) atoms. The average Bonchev–Trinajstić information content (AvgIpc) is 2.70. The quantitative estimate of drug-likeness (QED) is 0.808. The van der Waals surface area contributed by atoms with Gasteiger partial charge in [0.25, 0.3) is 0 Å². The number of hydrogen-bond donors (Lipinski definition) is 0. The van der Waals surface area contributed by atoms with Gasteiger partial charge in [0.05, 0.1) is 19.7 Å². The molecule has 0 aliphatic heterocycles. The van der Waals surface area contributed by atoms with Crippen LogP contribution in [0.25, 0.3) is 10.9 Å². The molecule has 3 nitrogen and oxygen atoms in total. The van der Waals surface area contributed by atoms with Crippen molar-refractivity contribution in [3.05, 3.63) is 24.4 Å². The summed E-state index contributed by atoms with van der Waals surface area (Å²) in [6.45, 7) is 5.42. The fourth-order valence-corrected chi connectivity index (χ4v) is 2.08. The topological polar surface area (TPSA) is 23.4 Å². The number of ether oxygens (including phenoxy) is 2. The van der Waals surface area contributed by atoms with Gasteiger partial charge in [0.1, 0.15) is 11.5 Å². The Labute approximate surface area is 102 Å². The van der Waals surface area contributed by atoms with Gasteiger partial charge in [-0.2, -0.15) is 0 Å². The van der Waals surface area contributed by atoms with Crippen LogP contribution in [0.15, 0.2) is 24.4 Å². The molecule has 0 unspecified atom stereocenters. The molecule has 0 amide bonds. The van der Waals surface area contributed by atoms with Crippen molar-refractivity contribution in [2.45, 2.75) is 20.4 Å². The first-order chi connectivity index (χ1) is 8.15. The largest absolute Gasteiger partial charge is 0.497 e. The van der Waals surface area contributed by atoms with Crippen LogP contribution in [0.1, 0.15) is 13.8 Å². The Kier molecular flexibility index (Phi) is 3.27. The van der Waals surface area contributed by atoms with Crippen LogP contribution < -0.4 is 9.47 Å². The summed E-state index contributed by atoms with van der Waals surface area (Å²) >= 11 is 0. The Bertz CT molecular complexity index is 514. The van der Waals surface area contributed by atoms with Gasteiger partial charge in [-0.3, -0.25) is 0 Å². The first kappa shape index (κ1) is 11.8. The molecule has 1 heterocycles. The first-order valence-electron chi connectivity index (χ1n) is 5.86. The molecule has 0 N–H and O–H groups in total. The molecule has 1 aromatic carbocycles. The highest BCUT2D eigenvalue weighted by Gasteiger charge is 2.09. The normalized spacial score (nSPS) is 11.1. The Hall–Kier alpha value is -1.64. The molecule has 0 aliphatic carbocycles. The van der Waals surface area contributed by atoms with Crippen molar-refractivity contribution in [2.24, 2.45) is 5.92 Å². The van der Waals surface area contributed by atoms with Crippen LogP contribution in [0.5, 0.6) is 11.5 Å². The number of fused-ring (bicyclic) bond motifs is 1. The molecular weight excluding hydrogens is 214 g/mol. The van der Waals surface area contributed by atoms with E-state index in [0.29, 0.717) is 5.92 Å². The highest BCUT2D eigenvalue weighted by Crippen LogP contribution is 2.32. The number of aromatic nitrogens is 1. The first-order valence-corrected chi connectivity index (χ1v) is 5.86. The third kappa shape index (κ3) is 2.23. The van der Waals surface area contributed by atoms with E-state index < -0.39 is 0 Å². The molecule has 0 bridgehead atoms. The lowest BCUT2D eigenvalue weighted by molar-refractivity contribution is 0.397. The third-order valence-corrected chi connectivity index (χ3v) is 2.84. The second-order valence-corrected chi connectivity index (χ2v) is 4.62. The number of nitrogens with zero attached hydrogens (tertiary/aromatic N) is 1. The highest BCUT2D eigenvalue weighted by molar-refractivity contribution is 5.88. The lowest BCUT2D eigenvalue weighted by Crippen LogP contribution is -2.02. The Morgan fingerprint density at radius 3 is 2.53 bits per heavy atom. The second kappa shape index (κ2) is 4.70. The molecule has 1 aromatic heterocycles. The molecule has 0 aliphatic rings. The fraction of sp³-hybridized carbons (Fsp3) is 0.429. The van der Waals surface area contributed by atoms with Gasteiger partial charge in [-0.15, -0.1) is 0 Å². The maximum atomic E-state index is 5.39. The van der Waals surface area contributed by atoms with Crippen molar-refractivity contribution in [3.8, 4) is 11.5 Å². The van der Waals surface area contributed by atoms with Gasteiger partial charge in [0.2, 0.25) is 0 Å². The monoisotopic (exact) mass is 233 g/mol. The van der Waals surface area contributed by atoms with E-state index in [4.69, 9.17) is 9.47 Å².